The molecule has 0 saturated carbocycles. The van der Waals surface area contributed by atoms with Crippen LogP contribution in [0.2, 0.25) is 0 Å². The van der Waals surface area contributed by atoms with E-state index in [1.807, 2.05) is 0 Å². The van der Waals surface area contributed by atoms with Crippen molar-refractivity contribution in [3.63, 3.8) is 0 Å². The van der Waals surface area contributed by atoms with Crippen molar-refractivity contribution < 1.29 is 29.2 Å². The Kier molecular flexibility index (Phi) is 4.02. The second kappa shape index (κ2) is 6.26. The van der Waals surface area contributed by atoms with Gasteiger partial charge in [0.15, 0.2) is 23.0 Å². The maximum absolute atomic E-state index is 13.2. The molecule has 0 bridgehead atoms. The molecular weight excluding hydrogens is 350 g/mol. The van der Waals surface area contributed by atoms with Crippen LogP contribution in [-0.2, 0) is 12.8 Å². The summed E-state index contributed by atoms with van der Waals surface area (Å²) in [6.45, 7) is 0.509. The van der Waals surface area contributed by atoms with Crippen molar-refractivity contribution in [3.8, 4) is 28.7 Å². The number of phenols is 2. The summed E-state index contributed by atoms with van der Waals surface area (Å²) in [5, 5.41) is 20.7. The lowest BCUT2D eigenvalue weighted by molar-refractivity contribution is 0.0626. The third-order valence-corrected chi connectivity index (χ3v) is 5.41. The Hall–Kier alpha value is -3.09. The lowest BCUT2D eigenvalue weighted by Gasteiger charge is -2.41. The average Bonchev–Trinajstić information content (AvgIpc) is 2.66. The smallest absolute Gasteiger partial charge is 0.258 e. The van der Waals surface area contributed by atoms with Crippen LogP contribution in [0.25, 0.3) is 0 Å². The van der Waals surface area contributed by atoms with Crippen LogP contribution in [-0.4, -0.2) is 48.9 Å². The number of ether oxygens (including phenoxy) is 3. The number of hydrogen-bond donors (Lipinski definition) is 2. The van der Waals surface area contributed by atoms with Crippen LogP contribution in [0.4, 0.5) is 0 Å². The third-order valence-electron chi connectivity index (χ3n) is 5.41. The monoisotopic (exact) mass is 371 g/mol. The molecule has 2 aliphatic rings. The van der Waals surface area contributed by atoms with Crippen molar-refractivity contribution in [2.75, 3.05) is 27.9 Å². The third kappa shape index (κ3) is 2.45. The van der Waals surface area contributed by atoms with E-state index < -0.39 is 0 Å². The van der Waals surface area contributed by atoms with Crippen LogP contribution < -0.4 is 14.2 Å². The average molecular weight is 371 g/mol. The molecule has 0 saturated heterocycles. The largest absolute Gasteiger partial charge is 0.504 e. The highest BCUT2D eigenvalue weighted by Crippen LogP contribution is 2.48. The minimum Gasteiger partial charge on any atom is -0.504 e. The topological polar surface area (TPSA) is 88.5 Å². The van der Waals surface area contributed by atoms with Gasteiger partial charge in [0, 0.05) is 6.54 Å². The Morgan fingerprint density at radius 3 is 2.41 bits per heavy atom. The molecule has 2 N–H and O–H groups in total. The van der Waals surface area contributed by atoms with Crippen molar-refractivity contribution in [2.45, 2.75) is 18.9 Å². The first-order chi connectivity index (χ1) is 13.0. The zero-order chi connectivity index (χ0) is 19.3. The van der Waals surface area contributed by atoms with Gasteiger partial charge in [-0.25, -0.2) is 0 Å². The number of carbonyl (C=O) groups excluding carboxylic acids is 1. The molecule has 0 unspecified atom stereocenters. The Morgan fingerprint density at radius 1 is 1.00 bits per heavy atom. The first-order valence-corrected chi connectivity index (χ1v) is 8.67. The number of aromatic hydroxyl groups is 2. The van der Waals surface area contributed by atoms with Gasteiger partial charge in [-0.2, -0.15) is 0 Å². The van der Waals surface area contributed by atoms with E-state index in [2.05, 4.69) is 0 Å². The van der Waals surface area contributed by atoms with E-state index in [4.69, 9.17) is 14.2 Å². The highest BCUT2D eigenvalue weighted by atomic mass is 16.5. The zero-order valence-corrected chi connectivity index (χ0v) is 15.4. The van der Waals surface area contributed by atoms with Crippen LogP contribution in [0.1, 0.15) is 33.1 Å². The second-order valence-electron chi connectivity index (χ2n) is 6.69. The lowest BCUT2D eigenvalue weighted by atomic mass is 9.83. The molecule has 0 radical (unpaired) electrons. The fourth-order valence-electron chi connectivity index (χ4n) is 4.12. The van der Waals surface area contributed by atoms with Crippen molar-refractivity contribution in [1.29, 1.82) is 0 Å². The molecule has 4 rings (SSSR count). The van der Waals surface area contributed by atoms with Crippen LogP contribution in [0.5, 0.6) is 28.7 Å². The van der Waals surface area contributed by atoms with Crippen LogP contribution in [0.15, 0.2) is 18.2 Å². The number of nitrogens with zero attached hydrogens (tertiary/aromatic N) is 1. The highest BCUT2D eigenvalue weighted by Gasteiger charge is 2.40. The molecule has 7 nitrogen and oxygen atoms in total. The predicted molar refractivity (Wildman–Crippen MR) is 97.1 cm³/mol. The molecule has 0 aromatic heterocycles. The van der Waals surface area contributed by atoms with Crippen LogP contribution in [0.3, 0.4) is 0 Å². The Bertz CT molecular complexity index is 939. The molecule has 7 heteroatoms. The number of methoxy groups -OCH3 is 3. The number of hydrogen-bond acceptors (Lipinski definition) is 6. The van der Waals surface area contributed by atoms with Gasteiger partial charge < -0.3 is 29.3 Å². The van der Waals surface area contributed by atoms with Gasteiger partial charge >= 0.3 is 0 Å². The van der Waals surface area contributed by atoms with E-state index in [9.17, 15) is 15.0 Å². The molecule has 0 spiro atoms. The van der Waals surface area contributed by atoms with Gasteiger partial charge in [0.25, 0.3) is 5.91 Å². The SMILES string of the molecule is COc1cc2c(cc1O)CCN1C(=O)c3c(cc(OC)c(OC)c3O)C[C@@H]21. The summed E-state index contributed by atoms with van der Waals surface area (Å²) in [7, 11) is 4.42. The van der Waals surface area contributed by atoms with Crippen molar-refractivity contribution in [3.05, 3.63) is 40.5 Å². The molecule has 1 amide bonds. The molecule has 27 heavy (non-hydrogen) atoms. The number of benzene rings is 2. The van der Waals surface area contributed by atoms with E-state index in [0.29, 0.717) is 36.4 Å². The molecule has 0 fully saturated rings. The summed E-state index contributed by atoms with van der Waals surface area (Å²) in [5.74, 6) is 0.587. The summed E-state index contributed by atoms with van der Waals surface area (Å²) in [6.07, 6.45) is 1.15. The maximum atomic E-state index is 13.2. The van der Waals surface area contributed by atoms with Crippen LogP contribution in [0, 0.1) is 0 Å². The van der Waals surface area contributed by atoms with E-state index in [-0.39, 0.29) is 34.8 Å². The van der Waals surface area contributed by atoms with Gasteiger partial charge in [-0.15, -0.1) is 0 Å². The quantitative estimate of drug-likeness (QED) is 0.862. The number of fused-ring (bicyclic) bond motifs is 4. The van der Waals surface area contributed by atoms with E-state index >= 15 is 0 Å². The van der Waals surface area contributed by atoms with Gasteiger partial charge in [0.2, 0.25) is 5.75 Å². The summed E-state index contributed by atoms with van der Waals surface area (Å²) in [6, 6.07) is 5.05. The summed E-state index contributed by atoms with van der Waals surface area (Å²) >= 11 is 0. The lowest BCUT2D eigenvalue weighted by Crippen LogP contribution is -2.44. The van der Waals surface area contributed by atoms with Gasteiger partial charge in [-0.1, -0.05) is 0 Å². The van der Waals surface area contributed by atoms with Gasteiger partial charge in [0.05, 0.1) is 32.9 Å². The molecule has 2 aromatic carbocycles. The van der Waals surface area contributed by atoms with Crippen LogP contribution >= 0.6 is 0 Å². The maximum Gasteiger partial charge on any atom is 0.258 e. The zero-order valence-electron chi connectivity index (χ0n) is 15.4. The van der Waals surface area contributed by atoms with Gasteiger partial charge in [-0.3, -0.25) is 4.79 Å². The Morgan fingerprint density at radius 2 is 1.74 bits per heavy atom. The predicted octanol–water partition coefficient (Wildman–Crippen LogP) is 2.42. The standard InChI is InChI=1S/C20H21NO6/c1-25-15-9-12-10(7-14(15)22)4-5-21-13(12)6-11-8-16(26-2)19(27-3)18(23)17(11)20(21)24/h7-9,13,22-23H,4-6H2,1-3H3/t13-/m0/s1. The summed E-state index contributed by atoms with van der Waals surface area (Å²) < 4.78 is 15.8. The van der Waals surface area contributed by atoms with Gasteiger partial charge in [-0.05, 0) is 47.7 Å². The van der Waals surface area contributed by atoms with E-state index in [1.165, 1.54) is 21.3 Å². The first-order valence-electron chi connectivity index (χ1n) is 8.67. The Balaban J connectivity index is 1.86. The van der Waals surface area contributed by atoms with Crippen molar-refractivity contribution >= 4 is 5.91 Å². The number of phenolic OH excluding ortho intramolecular Hbond substituents is 2. The summed E-state index contributed by atoms with van der Waals surface area (Å²) in [4.78, 5) is 14.9. The molecule has 142 valence electrons. The van der Waals surface area contributed by atoms with Crippen molar-refractivity contribution in [2.24, 2.45) is 0 Å². The Labute approximate surface area is 156 Å². The van der Waals surface area contributed by atoms with Crippen molar-refractivity contribution in [1.82, 2.24) is 4.90 Å². The highest BCUT2D eigenvalue weighted by molar-refractivity contribution is 6.01. The van der Waals surface area contributed by atoms with E-state index in [1.54, 1.807) is 23.1 Å². The fraction of sp³-hybridized carbons (Fsp3) is 0.350. The molecule has 2 heterocycles. The normalized spacial score (nSPS) is 17.7. The number of amides is 1. The minimum atomic E-state index is -0.239. The molecule has 2 aromatic rings. The minimum absolute atomic E-state index is 0.0938. The molecular formula is C20H21NO6. The van der Waals surface area contributed by atoms with Gasteiger partial charge in [0.1, 0.15) is 0 Å². The molecule has 0 aliphatic carbocycles. The fourth-order valence-corrected chi connectivity index (χ4v) is 4.12. The molecule has 1 atom stereocenters. The first kappa shape index (κ1) is 17.3. The molecule has 2 aliphatic heterocycles. The van der Waals surface area contributed by atoms with E-state index in [0.717, 1.165) is 11.1 Å². The summed E-state index contributed by atoms with van der Waals surface area (Å²) in [5.41, 5.74) is 2.91. The number of rotatable bonds is 3. The number of carbonyl (C=O) groups is 1. The second-order valence-corrected chi connectivity index (χ2v) is 6.69.